The van der Waals surface area contributed by atoms with Crippen molar-refractivity contribution in [1.82, 2.24) is 4.90 Å². The average Bonchev–Trinajstić information content (AvgIpc) is 3.08. The number of nitro benzene ring substituents is 1. The lowest BCUT2D eigenvalue weighted by Gasteiger charge is -2.33. The van der Waals surface area contributed by atoms with Gasteiger partial charge in [-0.25, -0.2) is 0 Å². The number of amides is 1. The Bertz CT molecular complexity index is 611. The molecule has 2 saturated heterocycles. The summed E-state index contributed by atoms with van der Waals surface area (Å²) in [5, 5.41) is 11.4. The highest BCUT2D eigenvalue weighted by atomic mass is 16.6. The summed E-state index contributed by atoms with van der Waals surface area (Å²) in [4.78, 5) is 27.7. The zero-order chi connectivity index (χ0) is 16.4. The van der Waals surface area contributed by atoms with Gasteiger partial charge in [-0.05, 0) is 51.2 Å². The molecule has 1 amide bonds. The van der Waals surface area contributed by atoms with E-state index in [-0.39, 0.29) is 22.6 Å². The molecular weight excluding hydrogens is 294 g/mol. The monoisotopic (exact) mass is 317 g/mol. The number of piperidine rings is 1. The number of likely N-dealkylation sites (tertiary alicyclic amines) is 1. The Kier molecular flexibility index (Phi) is 4.50. The van der Waals surface area contributed by atoms with Crippen LogP contribution in [0.3, 0.4) is 0 Å². The van der Waals surface area contributed by atoms with Gasteiger partial charge in [0.05, 0.1) is 4.92 Å². The first-order chi connectivity index (χ1) is 11.1. The minimum Gasteiger partial charge on any atom is -0.366 e. The van der Waals surface area contributed by atoms with Crippen LogP contribution in [0, 0.1) is 10.1 Å². The van der Waals surface area contributed by atoms with E-state index in [0.717, 1.165) is 51.7 Å². The molecule has 6 nitrogen and oxygen atoms in total. The third kappa shape index (κ3) is 3.16. The Hall–Kier alpha value is -2.11. The van der Waals surface area contributed by atoms with Crippen LogP contribution in [-0.2, 0) is 0 Å². The summed E-state index contributed by atoms with van der Waals surface area (Å²) in [6.07, 6.45) is 5.26. The lowest BCUT2D eigenvalue weighted by atomic mass is 10.0. The summed E-state index contributed by atoms with van der Waals surface area (Å²) >= 11 is 0. The van der Waals surface area contributed by atoms with Gasteiger partial charge in [0, 0.05) is 37.3 Å². The summed E-state index contributed by atoms with van der Waals surface area (Å²) in [6, 6.07) is 5.14. The van der Waals surface area contributed by atoms with Gasteiger partial charge in [0.15, 0.2) is 0 Å². The van der Waals surface area contributed by atoms with E-state index in [1.165, 1.54) is 6.07 Å². The Balaban J connectivity index is 1.89. The topological polar surface area (TPSA) is 66.7 Å². The van der Waals surface area contributed by atoms with Crippen LogP contribution in [0.15, 0.2) is 18.2 Å². The van der Waals surface area contributed by atoms with Crippen LogP contribution >= 0.6 is 0 Å². The first kappa shape index (κ1) is 15.8. The first-order valence-electron chi connectivity index (χ1n) is 8.42. The van der Waals surface area contributed by atoms with Gasteiger partial charge in [-0.15, -0.1) is 0 Å². The number of rotatable bonds is 3. The lowest BCUT2D eigenvalue weighted by Crippen LogP contribution is -2.42. The van der Waals surface area contributed by atoms with Gasteiger partial charge >= 0.3 is 0 Å². The highest BCUT2D eigenvalue weighted by molar-refractivity contribution is 5.96. The predicted molar refractivity (Wildman–Crippen MR) is 88.9 cm³/mol. The van der Waals surface area contributed by atoms with Crippen molar-refractivity contribution in [2.24, 2.45) is 0 Å². The molecule has 124 valence electrons. The van der Waals surface area contributed by atoms with Gasteiger partial charge < -0.3 is 9.80 Å². The minimum atomic E-state index is -0.371. The molecule has 2 heterocycles. The van der Waals surface area contributed by atoms with Gasteiger partial charge in [0.2, 0.25) is 0 Å². The molecule has 0 N–H and O–H groups in total. The summed E-state index contributed by atoms with van der Waals surface area (Å²) in [5.41, 5.74) is 1.10. The molecule has 3 rings (SSSR count). The highest BCUT2D eigenvalue weighted by Crippen LogP contribution is 2.32. The Morgan fingerprint density at radius 3 is 2.52 bits per heavy atom. The molecule has 0 saturated carbocycles. The van der Waals surface area contributed by atoms with E-state index in [2.05, 4.69) is 0 Å². The number of benzene rings is 1. The number of carbonyl (C=O) groups excluding carboxylic acids is 1. The van der Waals surface area contributed by atoms with Gasteiger partial charge in [-0.1, -0.05) is 0 Å². The maximum absolute atomic E-state index is 12.7. The summed E-state index contributed by atoms with van der Waals surface area (Å²) in [6.45, 7) is 4.47. The molecule has 1 aromatic carbocycles. The molecule has 2 aliphatic rings. The van der Waals surface area contributed by atoms with Crippen LogP contribution in [0.2, 0.25) is 0 Å². The fraction of sp³-hybridized carbons (Fsp3) is 0.588. The molecule has 6 heteroatoms. The van der Waals surface area contributed by atoms with Crippen LogP contribution in [0.4, 0.5) is 11.4 Å². The fourth-order valence-corrected chi connectivity index (χ4v) is 3.59. The zero-order valence-electron chi connectivity index (χ0n) is 13.5. The number of hydrogen-bond donors (Lipinski definition) is 0. The Labute approximate surface area is 136 Å². The van der Waals surface area contributed by atoms with Crippen molar-refractivity contribution in [1.29, 1.82) is 0 Å². The maximum Gasteiger partial charge on any atom is 0.293 e. The smallest absolute Gasteiger partial charge is 0.293 e. The maximum atomic E-state index is 12.7. The predicted octanol–water partition coefficient (Wildman–Crippen LogP) is 3.21. The molecule has 1 atom stereocenters. The molecule has 0 radical (unpaired) electrons. The quantitative estimate of drug-likeness (QED) is 0.634. The molecule has 1 aromatic rings. The molecule has 2 fully saturated rings. The molecule has 23 heavy (non-hydrogen) atoms. The van der Waals surface area contributed by atoms with Crippen molar-refractivity contribution >= 4 is 17.3 Å². The van der Waals surface area contributed by atoms with E-state index in [1.807, 2.05) is 16.7 Å². The summed E-state index contributed by atoms with van der Waals surface area (Å²) < 4.78 is 0. The van der Waals surface area contributed by atoms with Crippen LogP contribution < -0.4 is 4.90 Å². The molecule has 1 unspecified atom stereocenters. The third-order valence-electron chi connectivity index (χ3n) is 4.93. The standard InChI is InChI=1S/C17H23N3O3/c1-13-6-2-3-11-19(13)17(21)14-7-8-15(16(12-14)20(22)23)18-9-4-5-10-18/h7-8,12-13H,2-6,9-11H2,1H3. The molecular formula is C17H23N3O3. The van der Waals surface area contributed by atoms with Crippen LogP contribution in [-0.4, -0.2) is 41.4 Å². The molecule has 2 aliphatic heterocycles. The molecule has 0 bridgehead atoms. The molecule has 0 aliphatic carbocycles. The Morgan fingerprint density at radius 2 is 1.87 bits per heavy atom. The fourth-order valence-electron chi connectivity index (χ4n) is 3.59. The molecule has 0 aromatic heterocycles. The van der Waals surface area contributed by atoms with Crippen molar-refractivity contribution in [3.63, 3.8) is 0 Å². The number of nitro groups is 1. The second kappa shape index (κ2) is 6.56. The second-order valence-electron chi connectivity index (χ2n) is 6.50. The van der Waals surface area contributed by atoms with E-state index in [9.17, 15) is 14.9 Å². The SMILES string of the molecule is CC1CCCCN1C(=O)c1ccc(N2CCCC2)c([N+](=O)[O-])c1. The van der Waals surface area contributed by atoms with Gasteiger partial charge in [-0.3, -0.25) is 14.9 Å². The van der Waals surface area contributed by atoms with E-state index in [1.54, 1.807) is 12.1 Å². The number of nitrogens with zero attached hydrogens (tertiary/aromatic N) is 3. The zero-order valence-corrected chi connectivity index (χ0v) is 13.5. The van der Waals surface area contributed by atoms with Crippen molar-refractivity contribution in [3.05, 3.63) is 33.9 Å². The van der Waals surface area contributed by atoms with Gasteiger partial charge in [0.25, 0.3) is 11.6 Å². The van der Waals surface area contributed by atoms with Crippen molar-refractivity contribution in [2.75, 3.05) is 24.5 Å². The number of carbonyl (C=O) groups is 1. The largest absolute Gasteiger partial charge is 0.366 e. The molecule has 0 spiro atoms. The van der Waals surface area contributed by atoms with Crippen molar-refractivity contribution in [3.8, 4) is 0 Å². The third-order valence-corrected chi connectivity index (χ3v) is 4.93. The van der Waals surface area contributed by atoms with Crippen molar-refractivity contribution in [2.45, 2.75) is 45.1 Å². The van der Waals surface area contributed by atoms with Crippen LogP contribution in [0.5, 0.6) is 0 Å². The lowest BCUT2D eigenvalue weighted by molar-refractivity contribution is -0.384. The summed E-state index contributed by atoms with van der Waals surface area (Å²) in [7, 11) is 0. The van der Waals surface area contributed by atoms with E-state index < -0.39 is 0 Å². The van der Waals surface area contributed by atoms with E-state index in [0.29, 0.717) is 11.3 Å². The van der Waals surface area contributed by atoms with Gasteiger partial charge in [-0.2, -0.15) is 0 Å². The van der Waals surface area contributed by atoms with E-state index in [4.69, 9.17) is 0 Å². The van der Waals surface area contributed by atoms with E-state index >= 15 is 0 Å². The number of hydrogen-bond acceptors (Lipinski definition) is 4. The average molecular weight is 317 g/mol. The normalized spacial score (nSPS) is 21.5. The number of anilines is 1. The minimum absolute atomic E-state index is 0.0439. The highest BCUT2D eigenvalue weighted by Gasteiger charge is 2.28. The van der Waals surface area contributed by atoms with Gasteiger partial charge in [0.1, 0.15) is 5.69 Å². The first-order valence-corrected chi connectivity index (χ1v) is 8.42. The second-order valence-corrected chi connectivity index (χ2v) is 6.50. The van der Waals surface area contributed by atoms with Crippen LogP contribution in [0.1, 0.15) is 49.4 Å². The Morgan fingerprint density at radius 1 is 1.17 bits per heavy atom. The van der Waals surface area contributed by atoms with Crippen molar-refractivity contribution < 1.29 is 9.72 Å². The summed E-state index contributed by atoms with van der Waals surface area (Å²) in [5.74, 6) is -0.0896. The van der Waals surface area contributed by atoms with Crippen LogP contribution in [0.25, 0.3) is 0 Å².